The highest BCUT2D eigenvalue weighted by Crippen LogP contribution is 2.31. The number of fused-ring (bicyclic) bond motifs is 1. The predicted octanol–water partition coefficient (Wildman–Crippen LogP) is 5.20. The molecule has 7 rings (SSSR count). The second kappa shape index (κ2) is 10.6. The Labute approximate surface area is 241 Å². The average molecular weight is 568 g/mol. The maximum atomic E-state index is 13.2. The van der Waals surface area contributed by atoms with Gasteiger partial charge < -0.3 is 19.3 Å². The Bertz CT molecular complexity index is 1620. The first-order valence-corrected chi connectivity index (χ1v) is 15.2. The van der Waals surface area contributed by atoms with E-state index in [0.29, 0.717) is 25.2 Å². The van der Waals surface area contributed by atoms with Gasteiger partial charge in [0.15, 0.2) is 11.6 Å². The van der Waals surface area contributed by atoms with Gasteiger partial charge in [-0.1, -0.05) is 18.2 Å². The van der Waals surface area contributed by atoms with Crippen LogP contribution >= 0.6 is 22.7 Å². The number of carbonyl (C=O) groups is 1. The minimum Gasteiger partial charge on any atom is -0.369 e. The zero-order chi connectivity index (χ0) is 27.1. The Hall–Kier alpha value is -3.86. The molecule has 0 atom stereocenters. The van der Waals surface area contributed by atoms with Gasteiger partial charge in [-0.05, 0) is 60.5 Å². The van der Waals surface area contributed by atoms with E-state index in [1.165, 1.54) is 10.6 Å². The van der Waals surface area contributed by atoms with Gasteiger partial charge in [0.25, 0.3) is 5.91 Å². The molecule has 0 radical (unpaired) electrons. The lowest BCUT2D eigenvalue weighted by Crippen LogP contribution is -2.44. The highest BCUT2D eigenvalue weighted by molar-refractivity contribution is 7.13. The highest BCUT2D eigenvalue weighted by atomic mass is 32.1. The summed E-state index contributed by atoms with van der Waals surface area (Å²) < 4.78 is 2.10. The number of piperazine rings is 1. The minimum absolute atomic E-state index is 0.0181. The molecule has 202 valence electrons. The van der Waals surface area contributed by atoms with Gasteiger partial charge in [-0.3, -0.25) is 4.79 Å². The number of anilines is 1. The number of likely N-dealkylation sites (N-methyl/N-ethyl adjacent to an activating group) is 1. The van der Waals surface area contributed by atoms with Crippen LogP contribution in [0.25, 0.3) is 32.5 Å². The number of hydrogen-bond acceptors (Lipinski definition) is 8. The molecule has 2 aliphatic heterocycles. The van der Waals surface area contributed by atoms with Crippen LogP contribution < -0.4 is 4.90 Å². The van der Waals surface area contributed by atoms with E-state index in [9.17, 15) is 4.79 Å². The number of carbonyl (C=O) groups excluding carboxylic acids is 1. The third kappa shape index (κ3) is 4.83. The second-order valence-corrected chi connectivity index (χ2v) is 12.1. The van der Waals surface area contributed by atoms with Crippen molar-refractivity contribution in [2.24, 2.45) is 0 Å². The topological polar surface area (TPSA) is 70.4 Å². The number of thiazole rings is 1. The van der Waals surface area contributed by atoms with Crippen molar-refractivity contribution in [3.63, 3.8) is 0 Å². The lowest BCUT2D eigenvalue weighted by atomic mass is 10.1. The lowest BCUT2D eigenvalue weighted by Gasteiger charge is -2.34. The maximum absolute atomic E-state index is 13.2. The first-order chi connectivity index (χ1) is 19.6. The van der Waals surface area contributed by atoms with Crippen molar-refractivity contribution in [1.82, 2.24) is 29.5 Å². The standard InChI is InChI=1S/C30H29N7OS2/c1-34-12-14-35(15-13-34)24-10-8-22(9-11-24)29-31-25(20-40-29)28-33-32-27-19-36(16-17-37(27)28)30(38)23-6-4-21(5-7-23)26-3-2-18-39-26/h2-11,18,20H,12-17,19H2,1H3. The summed E-state index contributed by atoms with van der Waals surface area (Å²) >= 11 is 3.32. The molecule has 0 N–H and O–H groups in total. The molecule has 10 heteroatoms. The summed E-state index contributed by atoms with van der Waals surface area (Å²) in [4.78, 5) is 26.0. The second-order valence-electron chi connectivity index (χ2n) is 10.2. The molecule has 0 spiro atoms. The smallest absolute Gasteiger partial charge is 0.254 e. The quantitative estimate of drug-likeness (QED) is 0.291. The number of rotatable bonds is 5. The van der Waals surface area contributed by atoms with Crippen molar-refractivity contribution < 1.29 is 4.79 Å². The summed E-state index contributed by atoms with van der Waals surface area (Å²) in [7, 11) is 2.18. The number of nitrogens with zero attached hydrogens (tertiary/aromatic N) is 7. The molecular formula is C30H29N7OS2. The van der Waals surface area contributed by atoms with Crippen molar-refractivity contribution in [2.45, 2.75) is 13.1 Å². The van der Waals surface area contributed by atoms with Crippen LogP contribution in [0.3, 0.4) is 0 Å². The normalized spacial score (nSPS) is 15.8. The van der Waals surface area contributed by atoms with E-state index >= 15 is 0 Å². The summed E-state index contributed by atoms with van der Waals surface area (Å²) in [5.74, 6) is 1.57. The van der Waals surface area contributed by atoms with Gasteiger partial charge in [0.05, 0.1) is 6.54 Å². The van der Waals surface area contributed by atoms with E-state index in [1.54, 1.807) is 22.7 Å². The minimum atomic E-state index is 0.0181. The first-order valence-electron chi connectivity index (χ1n) is 13.5. The van der Waals surface area contributed by atoms with Crippen LogP contribution in [0.1, 0.15) is 16.2 Å². The summed E-state index contributed by atoms with van der Waals surface area (Å²) in [6, 6.07) is 20.7. The molecule has 3 aromatic heterocycles. The third-order valence-corrected chi connectivity index (χ3v) is 9.50. The molecule has 0 saturated carbocycles. The van der Waals surface area contributed by atoms with Crippen LogP contribution in [0, 0.1) is 0 Å². The van der Waals surface area contributed by atoms with E-state index in [0.717, 1.165) is 59.7 Å². The van der Waals surface area contributed by atoms with Crippen molar-refractivity contribution in [1.29, 1.82) is 0 Å². The van der Waals surface area contributed by atoms with Crippen molar-refractivity contribution in [3.8, 4) is 32.5 Å². The average Bonchev–Trinajstić information content (AvgIpc) is 3.78. The van der Waals surface area contributed by atoms with E-state index < -0.39 is 0 Å². The molecule has 1 fully saturated rings. The van der Waals surface area contributed by atoms with E-state index in [2.05, 4.69) is 67.3 Å². The zero-order valence-corrected chi connectivity index (χ0v) is 23.9. The van der Waals surface area contributed by atoms with E-state index in [-0.39, 0.29) is 5.91 Å². The molecule has 2 aliphatic rings. The third-order valence-electron chi connectivity index (χ3n) is 7.69. The van der Waals surface area contributed by atoms with Crippen LogP contribution in [0.2, 0.25) is 0 Å². The van der Waals surface area contributed by atoms with Crippen LogP contribution in [0.15, 0.2) is 71.4 Å². The predicted molar refractivity (Wildman–Crippen MR) is 161 cm³/mol. The fourth-order valence-corrected chi connectivity index (χ4v) is 6.85. The Morgan fingerprint density at radius 1 is 0.825 bits per heavy atom. The highest BCUT2D eigenvalue weighted by Gasteiger charge is 2.27. The van der Waals surface area contributed by atoms with Gasteiger partial charge in [0, 0.05) is 66.3 Å². The Morgan fingerprint density at radius 2 is 1.60 bits per heavy atom. The monoisotopic (exact) mass is 567 g/mol. The largest absolute Gasteiger partial charge is 0.369 e. The van der Waals surface area contributed by atoms with E-state index in [1.807, 2.05) is 40.6 Å². The molecular weight excluding hydrogens is 539 g/mol. The van der Waals surface area contributed by atoms with Crippen molar-refractivity contribution in [2.75, 3.05) is 44.7 Å². The molecule has 1 saturated heterocycles. The van der Waals surface area contributed by atoms with Gasteiger partial charge in [-0.25, -0.2) is 4.98 Å². The van der Waals surface area contributed by atoms with Gasteiger partial charge in [0.2, 0.25) is 0 Å². The summed E-state index contributed by atoms with van der Waals surface area (Å²) in [5, 5.41) is 14.0. The zero-order valence-electron chi connectivity index (χ0n) is 22.2. The molecule has 0 aliphatic carbocycles. The summed E-state index contributed by atoms with van der Waals surface area (Å²) in [5.41, 5.74) is 5.01. The summed E-state index contributed by atoms with van der Waals surface area (Å²) in [6.45, 7) is 5.98. The van der Waals surface area contributed by atoms with Gasteiger partial charge in [-0.15, -0.1) is 32.9 Å². The summed E-state index contributed by atoms with van der Waals surface area (Å²) in [6.07, 6.45) is 0. The molecule has 1 amide bonds. The Morgan fingerprint density at radius 3 is 2.35 bits per heavy atom. The Balaban J connectivity index is 1.04. The number of thiophene rings is 1. The lowest BCUT2D eigenvalue weighted by molar-refractivity contribution is 0.0708. The van der Waals surface area contributed by atoms with Crippen LogP contribution in [-0.4, -0.2) is 75.2 Å². The SMILES string of the molecule is CN1CCN(c2ccc(-c3nc(-c4nnc5n4CCN(C(=O)c4ccc(-c6cccs6)cc4)C5)cs3)cc2)CC1. The van der Waals surface area contributed by atoms with Crippen molar-refractivity contribution >= 4 is 34.3 Å². The number of hydrogen-bond donors (Lipinski definition) is 0. The Kier molecular flexibility index (Phi) is 6.66. The number of amides is 1. The number of aromatic nitrogens is 4. The molecule has 0 unspecified atom stereocenters. The molecule has 8 nitrogen and oxygen atoms in total. The van der Waals surface area contributed by atoms with Gasteiger partial charge >= 0.3 is 0 Å². The molecule has 40 heavy (non-hydrogen) atoms. The molecule has 5 heterocycles. The van der Waals surface area contributed by atoms with E-state index in [4.69, 9.17) is 4.98 Å². The fourth-order valence-electron chi connectivity index (χ4n) is 5.31. The van der Waals surface area contributed by atoms with Crippen LogP contribution in [0.4, 0.5) is 5.69 Å². The fraction of sp³-hybridized carbons (Fsp3) is 0.267. The van der Waals surface area contributed by atoms with Crippen molar-refractivity contribution in [3.05, 3.63) is 82.8 Å². The molecule has 5 aromatic rings. The van der Waals surface area contributed by atoms with Crippen LogP contribution in [-0.2, 0) is 13.1 Å². The van der Waals surface area contributed by atoms with Crippen LogP contribution in [0.5, 0.6) is 0 Å². The van der Waals surface area contributed by atoms with Gasteiger partial charge in [0.1, 0.15) is 10.7 Å². The number of benzene rings is 2. The molecule has 0 bridgehead atoms. The molecule has 2 aromatic carbocycles. The maximum Gasteiger partial charge on any atom is 0.254 e. The first kappa shape index (κ1) is 25.1. The van der Waals surface area contributed by atoms with Gasteiger partial charge in [-0.2, -0.15) is 0 Å².